The highest BCUT2D eigenvalue weighted by Gasteiger charge is 2.53. The van der Waals surface area contributed by atoms with Gasteiger partial charge in [-0.05, 0) is 63.2 Å². The minimum absolute atomic E-state index is 0.145. The molecule has 2 aliphatic heterocycles. The average molecular weight is 339 g/mol. The van der Waals surface area contributed by atoms with E-state index < -0.39 is 0 Å². The van der Waals surface area contributed by atoms with Gasteiger partial charge in [0, 0.05) is 24.5 Å². The molecule has 4 rings (SSSR count). The van der Waals surface area contributed by atoms with Crippen LogP contribution >= 0.6 is 0 Å². The first-order valence-electron chi connectivity index (χ1n) is 8.78. The number of hydrogen-bond donors (Lipinski definition) is 0. The third kappa shape index (κ3) is 3.04. The molecule has 0 atom stereocenters. The molecular formula is C20H22FN3O. The highest BCUT2D eigenvalue weighted by atomic mass is 19.1. The maximum absolute atomic E-state index is 13.4. The van der Waals surface area contributed by atoms with Crippen LogP contribution < -0.4 is 4.90 Å². The monoisotopic (exact) mass is 339 g/mol. The summed E-state index contributed by atoms with van der Waals surface area (Å²) in [6.45, 7) is 5.34. The Morgan fingerprint density at radius 2 is 1.92 bits per heavy atom. The summed E-state index contributed by atoms with van der Waals surface area (Å²) in [5.41, 5.74) is 2.54. The molecule has 130 valence electrons. The van der Waals surface area contributed by atoms with Crippen molar-refractivity contribution < 1.29 is 9.18 Å². The number of halogens is 1. The summed E-state index contributed by atoms with van der Waals surface area (Å²) < 4.78 is 13.4. The van der Waals surface area contributed by atoms with Crippen LogP contribution in [0, 0.1) is 18.2 Å². The maximum Gasteiger partial charge on any atom is 0.235 e. The summed E-state index contributed by atoms with van der Waals surface area (Å²) in [5.74, 6) is -0.154. The fourth-order valence-electron chi connectivity index (χ4n) is 3.92. The molecule has 1 amide bonds. The first-order valence-corrected chi connectivity index (χ1v) is 8.78. The third-order valence-electron chi connectivity index (χ3n) is 5.42. The van der Waals surface area contributed by atoms with Gasteiger partial charge in [0.25, 0.3) is 0 Å². The molecule has 4 nitrogen and oxygen atoms in total. The van der Waals surface area contributed by atoms with Gasteiger partial charge in [0.1, 0.15) is 5.82 Å². The fourth-order valence-corrected chi connectivity index (χ4v) is 3.92. The molecule has 25 heavy (non-hydrogen) atoms. The van der Waals surface area contributed by atoms with E-state index in [1.54, 1.807) is 17.0 Å². The van der Waals surface area contributed by atoms with E-state index in [1.165, 1.54) is 12.1 Å². The second-order valence-electron chi connectivity index (χ2n) is 7.20. The number of β-lactam (4-membered cyclic amide) rings is 1. The van der Waals surface area contributed by atoms with Crippen LogP contribution in [0.2, 0.25) is 0 Å². The lowest BCUT2D eigenvalue weighted by Crippen LogP contribution is -2.65. The van der Waals surface area contributed by atoms with Gasteiger partial charge in [-0.25, -0.2) is 4.39 Å². The molecule has 2 aromatic rings. The summed E-state index contributed by atoms with van der Waals surface area (Å²) >= 11 is 0. The lowest BCUT2D eigenvalue weighted by molar-refractivity contribution is -0.138. The number of benzene rings is 1. The standard InChI is InChI=1S/C20H22FN3O/c1-15-4-2-6-17(22-15)13-23-10-8-20(9-11-23)14-24(19(20)25)18-7-3-5-16(21)12-18/h2-7,12H,8-11,13-14H2,1H3. The Morgan fingerprint density at radius 3 is 2.60 bits per heavy atom. The first kappa shape index (κ1) is 16.2. The number of anilines is 1. The number of piperidine rings is 1. The van der Waals surface area contributed by atoms with Crippen molar-refractivity contribution in [1.29, 1.82) is 0 Å². The third-order valence-corrected chi connectivity index (χ3v) is 5.42. The van der Waals surface area contributed by atoms with Crippen LogP contribution in [0.4, 0.5) is 10.1 Å². The summed E-state index contributed by atoms with van der Waals surface area (Å²) in [6, 6.07) is 12.4. The van der Waals surface area contributed by atoms with Gasteiger partial charge >= 0.3 is 0 Å². The Morgan fingerprint density at radius 1 is 1.16 bits per heavy atom. The van der Waals surface area contributed by atoms with E-state index >= 15 is 0 Å². The molecule has 0 aliphatic carbocycles. The Hall–Kier alpha value is -2.27. The van der Waals surface area contributed by atoms with Crippen molar-refractivity contribution in [3.63, 3.8) is 0 Å². The van der Waals surface area contributed by atoms with Crippen LogP contribution in [-0.4, -0.2) is 35.4 Å². The van der Waals surface area contributed by atoms with E-state index in [-0.39, 0.29) is 17.1 Å². The Balaban J connectivity index is 1.37. The van der Waals surface area contributed by atoms with Crippen molar-refractivity contribution in [3.05, 3.63) is 59.7 Å². The number of aromatic nitrogens is 1. The molecule has 3 heterocycles. The van der Waals surface area contributed by atoms with Crippen molar-refractivity contribution >= 4 is 11.6 Å². The second kappa shape index (κ2) is 6.23. The lowest BCUT2D eigenvalue weighted by atomic mass is 9.70. The van der Waals surface area contributed by atoms with Crippen LogP contribution in [0.5, 0.6) is 0 Å². The molecule has 1 spiro atoms. The molecule has 1 aromatic carbocycles. The summed E-state index contributed by atoms with van der Waals surface area (Å²) in [4.78, 5) is 21.4. The van der Waals surface area contributed by atoms with Gasteiger partial charge in [-0.1, -0.05) is 12.1 Å². The van der Waals surface area contributed by atoms with Crippen molar-refractivity contribution in [1.82, 2.24) is 9.88 Å². The zero-order valence-electron chi connectivity index (χ0n) is 14.4. The van der Waals surface area contributed by atoms with Gasteiger partial charge in [-0.2, -0.15) is 0 Å². The molecule has 1 aromatic heterocycles. The summed E-state index contributed by atoms with van der Waals surface area (Å²) in [5, 5.41) is 0. The largest absolute Gasteiger partial charge is 0.311 e. The molecule has 2 fully saturated rings. The maximum atomic E-state index is 13.4. The highest BCUT2D eigenvalue weighted by molar-refractivity contribution is 6.04. The number of hydrogen-bond acceptors (Lipinski definition) is 3. The number of rotatable bonds is 3. The van der Waals surface area contributed by atoms with Crippen molar-refractivity contribution in [3.8, 4) is 0 Å². The number of aryl methyl sites for hydroxylation is 1. The summed E-state index contributed by atoms with van der Waals surface area (Å²) in [6.07, 6.45) is 1.73. The van der Waals surface area contributed by atoms with Gasteiger partial charge in [0.15, 0.2) is 0 Å². The van der Waals surface area contributed by atoms with Crippen LogP contribution in [-0.2, 0) is 11.3 Å². The minimum Gasteiger partial charge on any atom is -0.311 e. The SMILES string of the molecule is Cc1cccc(CN2CCC3(CC2)CN(c2cccc(F)c2)C3=O)n1. The minimum atomic E-state index is -0.299. The quantitative estimate of drug-likeness (QED) is 0.806. The zero-order chi connectivity index (χ0) is 17.4. The van der Waals surface area contributed by atoms with Gasteiger partial charge in [-0.15, -0.1) is 0 Å². The second-order valence-corrected chi connectivity index (χ2v) is 7.20. The van der Waals surface area contributed by atoms with Gasteiger partial charge in [0.2, 0.25) is 5.91 Å². The fraction of sp³-hybridized carbons (Fsp3) is 0.400. The van der Waals surface area contributed by atoms with Crippen LogP contribution in [0.25, 0.3) is 0 Å². The molecule has 2 aliphatic rings. The molecule has 0 saturated carbocycles. The smallest absolute Gasteiger partial charge is 0.235 e. The number of carbonyl (C=O) groups excluding carboxylic acids is 1. The predicted octanol–water partition coefficient (Wildman–Crippen LogP) is 3.16. The van der Waals surface area contributed by atoms with Crippen molar-refractivity contribution in [2.45, 2.75) is 26.3 Å². The molecule has 0 N–H and O–H groups in total. The molecule has 0 bridgehead atoms. The Bertz CT molecular complexity index is 799. The van der Waals surface area contributed by atoms with E-state index in [4.69, 9.17) is 0 Å². The van der Waals surface area contributed by atoms with E-state index in [1.807, 2.05) is 19.1 Å². The number of carbonyl (C=O) groups is 1. The van der Waals surface area contributed by atoms with Gasteiger partial charge in [-0.3, -0.25) is 14.7 Å². The van der Waals surface area contributed by atoms with Crippen molar-refractivity contribution in [2.24, 2.45) is 5.41 Å². The van der Waals surface area contributed by atoms with Crippen LogP contribution in [0.3, 0.4) is 0 Å². The normalized spacial score (nSPS) is 19.9. The highest BCUT2D eigenvalue weighted by Crippen LogP contribution is 2.44. The molecule has 2 saturated heterocycles. The van der Waals surface area contributed by atoms with E-state index in [2.05, 4.69) is 16.0 Å². The molecular weight excluding hydrogens is 317 g/mol. The molecule has 0 unspecified atom stereocenters. The zero-order valence-corrected chi connectivity index (χ0v) is 14.4. The lowest BCUT2D eigenvalue weighted by Gasteiger charge is -2.52. The summed E-state index contributed by atoms with van der Waals surface area (Å²) in [7, 11) is 0. The number of likely N-dealkylation sites (tertiary alicyclic amines) is 1. The van der Waals surface area contributed by atoms with Crippen LogP contribution in [0.15, 0.2) is 42.5 Å². The van der Waals surface area contributed by atoms with E-state index in [0.29, 0.717) is 12.2 Å². The first-order chi connectivity index (χ1) is 12.1. The number of nitrogens with zero attached hydrogens (tertiary/aromatic N) is 3. The van der Waals surface area contributed by atoms with Crippen LogP contribution in [0.1, 0.15) is 24.2 Å². The van der Waals surface area contributed by atoms with Crippen molar-refractivity contribution in [2.75, 3.05) is 24.5 Å². The molecule has 5 heteroatoms. The average Bonchev–Trinajstić information content (AvgIpc) is 2.60. The topological polar surface area (TPSA) is 36.4 Å². The van der Waals surface area contributed by atoms with E-state index in [0.717, 1.165) is 43.9 Å². The van der Waals surface area contributed by atoms with Gasteiger partial charge < -0.3 is 4.90 Å². The predicted molar refractivity (Wildman–Crippen MR) is 94.7 cm³/mol. The van der Waals surface area contributed by atoms with E-state index in [9.17, 15) is 9.18 Å². The Kier molecular flexibility index (Phi) is 4.04. The Labute approximate surface area is 147 Å². The number of pyridine rings is 1. The van der Waals surface area contributed by atoms with Gasteiger partial charge in [0.05, 0.1) is 11.1 Å². The number of amides is 1. The molecule has 0 radical (unpaired) electrons.